The molecule has 0 bridgehead atoms. The molecule has 2 heterocycles. The smallest absolute Gasteiger partial charge is 0.410 e. The summed E-state index contributed by atoms with van der Waals surface area (Å²) in [5.41, 5.74) is 2.78. The van der Waals surface area contributed by atoms with Crippen molar-refractivity contribution in [3.8, 4) is 0 Å². The molecule has 3 rings (SSSR count). The van der Waals surface area contributed by atoms with Gasteiger partial charge in [0.25, 0.3) is 0 Å². The molecular formula is C27H45N5O3. The quantitative estimate of drug-likeness (QED) is 0.576. The minimum Gasteiger partial charge on any atom is -0.444 e. The van der Waals surface area contributed by atoms with E-state index in [1.54, 1.807) is 11.9 Å². The lowest BCUT2D eigenvalue weighted by Gasteiger charge is -2.39. The zero-order valence-corrected chi connectivity index (χ0v) is 23.0. The van der Waals surface area contributed by atoms with Crippen molar-refractivity contribution < 1.29 is 14.3 Å². The Morgan fingerprint density at radius 1 is 1.23 bits per heavy atom. The number of carbonyl (C=O) groups excluding carboxylic acids is 2. The van der Waals surface area contributed by atoms with Crippen LogP contribution in [0.1, 0.15) is 84.4 Å². The van der Waals surface area contributed by atoms with Crippen LogP contribution in [-0.2, 0) is 16.1 Å². The second-order valence-corrected chi connectivity index (χ2v) is 11.6. The molecule has 0 radical (unpaired) electrons. The van der Waals surface area contributed by atoms with Crippen molar-refractivity contribution in [2.75, 3.05) is 34.2 Å². The fourth-order valence-electron chi connectivity index (χ4n) is 5.61. The van der Waals surface area contributed by atoms with Gasteiger partial charge >= 0.3 is 6.09 Å². The summed E-state index contributed by atoms with van der Waals surface area (Å²) in [6, 6.07) is 0. The standard InChI is InChI=1S/C27H45N5O3/c1-9-26(10-2)19-27(32(8)23(26)33)13-11-20(12-14-27)22-21(17-28-29-22)18-30(6)15-16-31(7)24(34)35-25(3,4)5/h11,17H,9-10,12-16,18-19H2,1-8H3,(H,28,29). The average molecular weight is 488 g/mol. The average Bonchev–Trinajstić information content (AvgIpc) is 3.34. The zero-order valence-electron chi connectivity index (χ0n) is 23.0. The minimum atomic E-state index is -0.496. The molecule has 2 aliphatic rings. The van der Waals surface area contributed by atoms with Crippen LogP contribution in [0.4, 0.5) is 4.79 Å². The lowest BCUT2D eigenvalue weighted by atomic mass is 9.71. The first kappa shape index (κ1) is 27.2. The summed E-state index contributed by atoms with van der Waals surface area (Å²) in [6.45, 7) is 12.0. The number of carbonyl (C=O) groups is 2. The van der Waals surface area contributed by atoms with E-state index < -0.39 is 5.60 Å². The molecule has 8 heteroatoms. The fraction of sp³-hybridized carbons (Fsp3) is 0.741. The van der Waals surface area contributed by atoms with Crippen LogP contribution >= 0.6 is 0 Å². The molecule has 1 aromatic heterocycles. The molecule has 1 N–H and O–H groups in total. The molecule has 0 aromatic carbocycles. The molecule has 1 fully saturated rings. The number of likely N-dealkylation sites (tertiary alicyclic amines) is 1. The van der Waals surface area contributed by atoms with Crippen LogP contribution in [0.2, 0.25) is 0 Å². The number of aromatic nitrogens is 2. The Hall–Kier alpha value is -2.35. The summed E-state index contributed by atoms with van der Waals surface area (Å²) in [5.74, 6) is 0.319. The van der Waals surface area contributed by atoms with Crippen molar-refractivity contribution in [3.63, 3.8) is 0 Å². The first-order chi connectivity index (χ1) is 16.4. The SMILES string of the molecule is CCC1(CC)CC2(CC=C(c3[nH]ncc3CN(C)CCN(C)C(=O)OC(C)(C)C)CC2)N(C)C1=O. The lowest BCUT2D eigenvalue weighted by molar-refractivity contribution is -0.137. The number of ether oxygens (including phenoxy) is 1. The van der Waals surface area contributed by atoms with Gasteiger partial charge in [0, 0.05) is 44.8 Å². The van der Waals surface area contributed by atoms with Gasteiger partial charge in [-0.25, -0.2) is 4.79 Å². The Kier molecular flexibility index (Phi) is 8.04. The topological polar surface area (TPSA) is 81.8 Å². The second-order valence-electron chi connectivity index (χ2n) is 11.6. The van der Waals surface area contributed by atoms with Gasteiger partial charge in [-0.1, -0.05) is 19.9 Å². The molecular weight excluding hydrogens is 442 g/mol. The molecule has 1 aliphatic carbocycles. The molecule has 1 aliphatic heterocycles. The summed E-state index contributed by atoms with van der Waals surface area (Å²) in [7, 11) is 5.82. The van der Waals surface area contributed by atoms with Crippen molar-refractivity contribution in [2.24, 2.45) is 5.41 Å². The molecule has 0 saturated carbocycles. The number of nitrogens with zero attached hydrogens (tertiary/aromatic N) is 4. The van der Waals surface area contributed by atoms with Crippen molar-refractivity contribution >= 4 is 17.6 Å². The molecule has 1 atom stereocenters. The van der Waals surface area contributed by atoms with Crippen LogP contribution in [-0.4, -0.2) is 82.3 Å². The molecule has 1 aromatic rings. The van der Waals surface area contributed by atoms with E-state index in [4.69, 9.17) is 4.74 Å². The molecule has 35 heavy (non-hydrogen) atoms. The first-order valence-corrected chi connectivity index (χ1v) is 13.0. The van der Waals surface area contributed by atoms with Crippen molar-refractivity contribution in [1.82, 2.24) is 24.9 Å². The van der Waals surface area contributed by atoms with Gasteiger partial charge in [-0.15, -0.1) is 0 Å². The number of H-pyrrole nitrogens is 1. The third-order valence-corrected chi connectivity index (χ3v) is 8.08. The highest BCUT2D eigenvalue weighted by atomic mass is 16.6. The van der Waals surface area contributed by atoms with E-state index in [0.717, 1.165) is 62.9 Å². The summed E-state index contributed by atoms with van der Waals surface area (Å²) in [4.78, 5) is 31.2. The highest BCUT2D eigenvalue weighted by molar-refractivity contribution is 5.86. The van der Waals surface area contributed by atoms with Crippen molar-refractivity contribution in [2.45, 2.75) is 90.8 Å². The Bertz CT molecular complexity index is 943. The number of allylic oxidation sites excluding steroid dienone is 1. The predicted octanol–water partition coefficient (Wildman–Crippen LogP) is 4.68. The zero-order chi connectivity index (χ0) is 26.0. The maximum absolute atomic E-state index is 13.1. The summed E-state index contributed by atoms with van der Waals surface area (Å²) in [6.07, 6.45) is 9.50. The Labute approximate surface area is 211 Å². The van der Waals surface area contributed by atoms with E-state index in [0.29, 0.717) is 12.5 Å². The molecule has 1 saturated heterocycles. The Morgan fingerprint density at radius 2 is 1.91 bits per heavy atom. The number of hydrogen-bond donors (Lipinski definition) is 1. The van der Waals surface area contributed by atoms with Gasteiger partial charge in [0.1, 0.15) is 5.60 Å². The fourth-order valence-corrected chi connectivity index (χ4v) is 5.61. The minimum absolute atomic E-state index is 0.0597. The van der Waals surface area contributed by atoms with Crippen LogP contribution in [0.3, 0.4) is 0 Å². The first-order valence-electron chi connectivity index (χ1n) is 13.0. The number of likely N-dealkylation sites (N-methyl/N-ethyl adjacent to an activating group) is 2. The number of amides is 2. The van der Waals surface area contributed by atoms with Gasteiger partial charge < -0.3 is 19.4 Å². The normalized spacial score (nSPS) is 22.1. The second kappa shape index (κ2) is 10.3. The summed E-state index contributed by atoms with van der Waals surface area (Å²) >= 11 is 0. The molecule has 196 valence electrons. The third kappa shape index (κ3) is 5.74. The van der Waals surface area contributed by atoms with Gasteiger partial charge in [-0.2, -0.15) is 5.10 Å². The maximum atomic E-state index is 13.1. The molecule has 2 amide bonds. The van der Waals surface area contributed by atoms with Crippen LogP contribution < -0.4 is 0 Å². The van der Waals surface area contributed by atoms with Gasteiger partial charge in [-0.3, -0.25) is 9.89 Å². The van der Waals surface area contributed by atoms with E-state index >= 15 is 0 Å². The third-order valence-electron chi connectivity index (χ3n) is 8.08. The van der Waals surface area contributed by atoms with E-state index in [1.165, 1.54) is 5.57 Å². The van der Waals surface area contributed by atoms with Crippen LogP contribution in [0.15, 0.2) is 12.3 Å². The Balaban J connectivity index is 1.62. The lowest BCUT2D eigenvalue weighted by Crippen LogP contribution is -2.44. The summed E-state index contributed by atoms with van der Waals surface area (Å²) < 4.78 is 5.44. The predicted molar refractivity (Wildman–Crippen MR) is 139 cm³/mol. The highest BCUT2D eigenvalue weighted by Crippen LogP contribution is 2.52. The highest BCUT2D eigenvalue weighted by Gasteiger charge is 2.55. The van der Waals surface area contributed by atoms with E-state index in [-0.39, 0.29) is 17.0 Å². The number of hydrogen-bond acceptors (Lipinski definition) is 5. The van der Waals surface area contributed by atoms with Crippen LogP contribution in [0.5, 0.6) is 0 Å². The maximum Gasteiger partial charge on any atom is 0.410 e. The van der Waals surface area contributed by atoms with Gasteiger partial charge in [0.15, 0.2) is 0 Å². The van der Waals surface area contributed by atoms with E-state index in [2.05, 4.69) is 47.0 Å². The largest absolute Gasteiger partial charge is 0.444 e. The van der Waals surface area contributed by atoms with Gasteiger partial charge in [0.2, 0.25) is 5.91 Å². The molecule has 1 spiro atoms. The number of aromatic amines is 1. The van der Waals surface area contributed by atoms with Gasteiger partial charge in [-0.05, 0) is 71.9 Å². The van der Waals surface area contributed by atoms with Crippen molar-refractivity contribution in [3.05, 3.63) is 23.5 Å². The van der Waals surface area contributed by atoms with Gasteiger partial charge in [0.05, 0.1) is 17.3 Å². The van der Waals surface area contributed by atoms with Crippen LogP contribution in [0, 0.1) is 5.41 Å². The van der Waals surface area contributed by atoms with Crippen molar-refractivity contribution in [1.29, 1.82) is 0 Å². The van der Waals surface area contributed by atoms with E-state index in [1.807, 2.05) is 34.0 Å². The number of nitrogens with one attached hydrogen (secondary N) is 1. The summed E-state index contributed by atoms with van der Waals surface area (Å²) in [5, 5.41) is 7.56. The molecule has 1 unspecified atom stereocenters. The molecule has 8 nitrogen and oxygen atoms in total. The Morgan fingerprint density at radius 3 is 2.46 bits per heavy atom. The number of rotatable bonds is 8. The monoisotopic (exact) mass is 487 g/mol. The van der Waals surface area contributed by atoms with E-state index in [9.17, 15) is 9.59 Å². The van der Waals surface area contributed by atoms with Crippen LogP contribution in [0.25, 0.3) is 5.57 Å².